The van der Waals surface area contributed by atoms with Gasteiger partial charge in [-0.05, 0) is 56.6 Å². The van der Waals surface area contributed by atoms with E-state index in [1.807, 2.05) is 31.1 Å². The van der Waals surface area contributed by atoms with Crippen molar-refractivity contribution in [2.24, 2.45) is 0 Å². The molecule has 0 aliphatic rings. The highest BCUT2D eigenvalue weighted by molar-refractivity contribution is 5.99. The number of carbonyl (C=O) groups is 2. The minimum absolute atomic E-state index is 0.195. The van der Waals surface area contributed by atoms with Crippen molar-refractivity contribution >= 4 is 11.8 Å². The Morgan fingerprint density at radius 1 is 0.893 bits per heavy atom. The van der Waals surface area contributed by atoms with Crippen molar-refractivity contribution in [2.75, 3.05) is 47.4 Å². The normalized spacial score (nSPS) is 10.4. The van der Waals surface area contributed by atoms with Gasteiger partial charge in [0, 0.05) is 24.2 Å². The third-order valence-electron chi connectivity index (χ3n) is 3.95. The maximum atomic E-state index is 12.3. The molecule has 0 aromatic heterocycles. The fraction of sp³-hybridized carbons (Fsp3) is 0.333. The Morgan fingerprint density at radius 3 is 2.04 bits per heavy atom. The number of methoxy groups -OCH3 is 1. The van der Waals surface area contributed by atoms with E-state index in [1.165, 1.54) is 0 Å². The number of rotatable bonds is 10. The molecule has 7 nitrogen and oxygen atoms in total. The number of hydrogen-bond donors (Lipinski definition) is 2. The van der Waals surface area contributed by atoms with Gasteiger partial charge in [-0.15, -0.1) is 0 Å². The van der Waals surface area contributed by atoms with Gasteiger partial charge < -0.3 is 25.0 Å². The monoisotopic (exact) mass is 385 g/mol. The van der Waals surface area contributed by atoms with Gasteiger partial charge in [-0.3, -0.25) is 9.59 Å². The third-order valence-corrected chi connectivity index (χ3v) is 3.95. The van der Waals surface area contributed by atoms with E-state index < -0.39 is 0 Å². The molecule has 0 unspecified atom stereocenters. The van der Waals surface area contributed by atoms with Crippen molar-refractivity contribution in [3.8, 4) is 11.5 Å². The summed E-state index contributed by atoms with van der Waals surface area (Å²) in [5, 5.41) is 5.62. The van der Waals surface area contributed by atoms with Crippen LogP contribution < -0.4 is 20.1 Å². The summed E-state index contributed by atoms with van der Waals surface area (Å²) in [6.07, 6.45) is 0. The average molecular weight is 385 g/mol. The number of carbonyl (C=O) groups excluding carboxylic acids is 2. The average Bonchev–Trinajstić information content (AvgIpc) is 2.71. The molecule has 2 aromatic carbocycles. The van der Waals surface area contributed by atoms with Crippen LogP contribution in [0.15, 0.2) is 48.5 Å². The quantitative estimate of drug-likeness (QED) is 0.610. The van der Waals surface area contributed by atoms with Gasteiger partial charge in [-0.25, -0.2) is 0 Å². The first-order valence-corrected chi connectivity index (χ1v) is 9.07. The third kappa shape index (κ3) is 6.92. The van der Waals surface area contributed by atoms with Crippen molar-refractivity contribution < 1.29 is 19.1 Å². The highest BCUT2D eigenvalue weighted by Gasteiger charge is 2.10. The topological polar surface area (TPSA) is 79.9 Å². The van der Waals surface area contributed by atoms with Gasteiger partial charge in [0.15, 0.2) is 0 Å². The maximum Gasteiger partial charge on any atom is 0.251 e. The van der Waals surface area contributed by atoms with Crippen molar-refractivity contribution in [2.45, 2.75) is 0 Å². The van der Waals surface area contributed by atoms with E-state index in [0.717, 1.165) is 12.3 Å². The number of benzene rings is 2. The summed E-state index contributed by atoms with van der Waals surface area (Å²) in [5.74, 6) is 1.01. The summed E-state index contributed by atoms with van der Waals surface area (Å²) in [4.78, 5) is 26.5. The Bertz CT molecular complexity index is 775. The summed E-state index contributed by atoms with van der Waals surface area (Å²) in [7, 11) is 5.48. The van der Waals surface area contributed by atoms with Crippen molar-refractivity contribution in [3.63, 3.8) is 0 Å². The van der Waals surface area contributed by atoms with Gasteiger partial charge in [0.05, 0.1) is 13.7 Å². The zero-order valence-corrected chi connectivity index (χ0v) is 16.5. The van der Waals surface area contributed by atoms with Crippen LogP contribution in [0.2, 0.25) is 0 Å². The summed E-state index contributed by atoms with van der Waals surface area (Å²) in [5.41, 5.74) is 0.894. The summed E-state index contributed by atoms with van der Waals surface area (Å²) in [6, 6.07) is 13.9. The molecule has 2 amide bonds. The largest absolute Gasteiger partial charge is 0.497 e. The van der Waals surface area contributed by atoms with Gasteiger partial charge in [0.1, 0.15) is 18.1 Å². The van der Waals surface area contributed by atoms with Crippen molar-refractivity contribution in [1.82, 2.24) is 15.5 Å². The lowest BCUT2D eigenvalue weighted by molar-refractivity contribution is 0.0947. The van der Waals surface area contributed by atoms with Crippen molar-refractivity contribution in [3.05, 3.63) is 59.7 Å². The Morgan fingerprint density at radius 2 is 1.46 bits per heavy atom. The van der Waals surface area contributed by atoms with Crippen LogP contribution in [-0.4, -0.2) is 64.2 Å². The molecule has 0 aliphatic carbocycles. The lowest BCUT2D eigenvalue weighted by Crippen LogP contribution is -2.32. The minimum Gasteiger partial charge on any atom is -0.497 e. The number of ether oxygens (including phenoxy) is 2. The van der Waals surface area contributed by atoms with E-state index in [4.69, 9.17) is 9.47 Å². The first-order valence-electron chi connectivity index (χ1n) is 9.07. The van der Waals surface area contributed by atoms with Crippen molar-refractivity contribution in [1.29, 1.82) is 0 Å². The van der Waals surface area contributed by atoms with Crippen LogP contribution in [-0.2, 0) is 0 Å². The van der Waals surface area contributed by atoms with Gasteiger partial charge in [0.25, 0.3) is 11.8 Å². The second-order valence-corrected chi connectivity index (χ2v) is 6.42. The van der Waals surface area contributed by atoms with Crippen LogP contribution in [0, 0.1) is 0 Å². The second-order valence-electron chi connectivity index (χ2n) is 6.42. The molecule has 28 heavy (non-hydrogen) atoms. The molecule has 0 bridgehead atoms. The lowest BCUT2D eigenvalue weighted by Gasteiger charge is -2.11. The van der Waals surface area contributed by atoms with E-state index in [9.17, 15) is 9.59 Å². The molecule has 0 aliphatic heterocycles. The summed E-state index contributed by atoms with van der Waals surface area (Å²) < 4.78 is 10.7. The maximum absolute atomic E-state index is 12.3. The van der Waals surface area contributed by atoms with E-state index in [-0.39, 0.29) is 11.8 Å². The fourth-order valence-corrected chi connectivity index (χ4v) is 2.40. The second kappa shape index (κ2) is 10.9. The molecule has 7 heteroatoms. The lowest BCUT2D eigenvalue weighted by atomic mass is 10.1. The minimum atomic E-state index is -0.249. The molecule has 0 spiro atoms. The summed E-state index contributed by atoms with van der Waals surface area (Å²) in [6.45, 7) is 1.98. The van der Waals surface area contributed by atoms with E-state index in [0.29, 0.717) is 36.6 Å². The molecule has 0 atom stereocenters. The van der Waals surface area contributed by atoms with E-state index in [2.05, 4.69) is 10.6 Å². The SMILES string of the molecule is COc1ccc(OCCNC(=O)c2cccc(C(=O)NCCN(C)C)c2)cc1. The number of amides is 2. The molecule has 0 fully saturated rings. The van der Waals surface area contributed by atoms with Crippen LogP contribution in [0.3, 0.4) is 0 Å². The molecule has 150 valence electrons. The zero-order chi connectivity index (χ0) is 20.4. The molecular formula is C21H27N3O4. The molecule has 0 heterocycles. The molecule has 0 saturated heterocycles. The predicted molar refractivity (Wildman–Crippen MR) is 108 cm³/mol. The highest BCUT2D eigenvalue weighted by atomic mass is 16.5. The predicted octanol–water partition coefficient (Wildman–Crippen LogP) is 1.80. The number of hydrogen-bond acceptors (Lipinski definition) is 5. The molecule has 2 rings (SSSR count). The van der Waals surface area contributed by atoms with Crippen LogP contribution in [0.25, 0.3) is 0 Å². The fourth-order valence-electron chi connectivity index (χ4n) is 2.40. The first-order chi connectivity index (χ1) is 13.5. The van der Waals surface area contributed by atoms with Gasteiger partial charge in [-0.2, -0.15) is 0 Å². The smallest absolute Gasteiger partial charge is 0.251 e. The number of likely N-dealkylation sites (N-methyl/N-ethyl adjacent to an activating group) is 1. The van der Waals surface area contributed by atoms with Gasteiger partial charge in [0.2, 0.25) is 0 Å². The van der Waals surface area contributed by atoms with Crippen LogP contribution in [0.5, 0.6) is 11.5 Å². The number of nitrogens with one attached hydrogen (secondary N) is 2. The Labute approximate surface area is 165 Å². The highest BCUT2D eigenvalue weighted by Crippen LogP contribution is 2.16. The zero-order valence-electron chi connectivity index (χ0n) is 16.5. The molecule has 2 aromatic rings. The molecule has 0 saturated carbocycles. The standard InChI is InChI=1S/C21H27N3O4/c1-24(2)13-11-22-20(25)16-5-4-6-17(15-16)21(26)23-12-14-28-19-9-7-18(27-3)8-10-19/h4-10,15H,11-14H2,1-3H3,(H,22,25)(H,23,26). The number of nitrogens with zero attached hydrogens (tertiary/aromatic N) is 1. The van der Waals surface area contributed by atoms with Crippen LogP contribution in [0.1, 0.15) is 20.7 Å². The van der Waals surface area contributed by atoms with Crippen LogP contribution in [0.4, 0.5) is 0 Å². The molecular weight excluding hydrogens is 358 g/mol. The van der Waals surface area contributed by atoms with E-state index in [1.54, 1.807) is 43.5 Å². The Balaban J connectivity index is 1.79. The first kappa shape index (κ1) is 21.2. The molecule has 2 N–H and O–H groups in total. The van der Waals surface area contributed by atoms with E-state index >= 15 is 0 Å². The van der Waals surface area contributed by atoms with Gasteiger partial charge in [-0.1, -0.05) is 6.07 Å². The Hall–Kier alpha value is -3.06. The molecule has 0 radical (unpaired) electrons. The Kier molecular flexibility index (Phi) is 8.30. The van der Waals surface area contributed by atoms with Crippen LogP contribution >= 0.6 is 0 Å². The van der Waals surface area contributed by atoms with Gasteiger partial charge >= 0.3 is 0 Å². The summed E-state index contributed by atoms with van der Waals surface area (Å²) >= 11 is 0.